The zero-order valence-corrected chi connectivity index (χ0v) is 14.4. The molecule has 0 bridgehead atoms. The average Bonchev–Trinajstić information content (AvgIpc) is 3.19. The van der Waals surface area contributed by atoms with Gasteiger partial charge in [0.2, 0.25) is 11.9 Å². The maximum Gasteiger partial charge on any atom is 0.246 e. The van der Waals surface area contributed by atoms with Crippen LogP contribution in [-0.4, -0.2) is 80.3 Å². The van der Waals surface area contributed by atoms with Gasteiger partial charge in [0.25, 0.3) is 0 Å². The molecule has 148 valence electrons. The fourth-order valence-corrected chi connectivity index (χ4v) is 2.85. The second-order valence-corrected chi connectivity index (χ2v) is 5.94. The number of imidazole rings is 1. The summed E-state index contributed by atoms with van der Waals surface area (Å²) in [5, 5.41) is 22.4. The van der Waals surface area contributed by atoms with E-state index in [4.69, 9.17) is 26.7 Å². The van der Waals surface area contributed by atoms with E-state index >= 15 is 0 Å². The minimum Gasteiger partial charge on any atom is -0.394 e. The lowest BCUT2D eigenvalue weighted by Gasteiger charge is -2.22. The summed E-state index contributed by atoms with van der Waals surface area (Å²) in [7, 11) is 0. The highest BCUT2D eigenvalue weighted by atomic mass is 16.6. The standard InChI is InChI=1S/C14H22N8O5/c15-1-2-18-7(24)4-26-10-9(25)6(3-23)27-13(10)22-5-19-8-11(16)20-14(17)21-12(8)22/h5-6,9-10,13,23,25H,1-4,15H2,(H,18,24)(H4,16,17,20,21)/t6-,9+,10+,13-/m1/s1. The molecule has 0 aromatic carbocycles. The van der Waals surface area contributed by atoms with Gasteiger partial charge in [-0.3, -0.25) is 9.36 Å². The third-order valence-electron chi connectivity index (χ3n) is 4.11. The Hall–Kier alpha value is -2.58. The average molecular weight is 382 g/mol. The van der Waals surface area contributed by atoms with E-state index in [1.54, 1.807) is 0 Å². The summed E-state index contributed by atoms with van der Waals surface area (Å²) in [4.78, 5) is 23.8. The highest BCUT2D eigenvalue weighted by molar-refractivity contribution is 5.82. The van der Waals surface area contributed by atoms with Gasteiger partial charge in [-0.2, -0.15) is 9.97 Å². The van der Waals surface area contributed by atoms with E-state index in [0.717, 1.165) is 0 Å². The van der Waals surface area contributed by atoms with E-state index in [2.05, 4.69) is 20.3 Å². The Morgan fingerprint density at radius 1 is 1.41 bits per heavy atom. The number of nitrogens with one attached hydrogen (secondary N) is 1. The van der Waals surface area contributed by atoms with Crippen molar-refractivity contribution in [1.29, 1.82) is 0 Å². The largest absolute Gasteiger partial charge is 0.394 e. The molecule has 2 aromatic heterocycles. The number of fused-ring (bicyclic) bond motifs is 1. The van der Waals surface area contributed by atoms with E-state index in [9.17, 15) is 15.0 Å². The number of hydrogen-bond donors (Lipinski definition) is 6. The quantitative estimate of drug-likeness (QED) is 0.279. The predicted molar refractivity (Wildman–Crippen MR) is 93.0 cm³/mol. The highest BCUT2D eigenvalue weighted by Gasteiger charge is 2.46. The van der Waals surface area contributed by atoms with Gasteiger partial charge in [0.1, 0.15) is 30.4 Å². The van der Waals surface area contributed by atoms with Crippen LogP contribution in [0.1, 0.15) is 6.23 Å². The van der Waals surface area contributed by atoms with Crippen LogP contribution >= 0.6 is 0 Å². The number of carbonyl (C=O) groups excluding carboxylic acids is 1. The van der Waals surface area contributed by atoms with Gasteiger partial charge in [0.05, 0.1) is 12.9 Å². The van der Waals surface area contributed by atoms with Crippen molar-refractivity contribution in [3.8, 4) is 0 Å². The number of hydrogen-bond acceptors (Lipinski definition) is 11. The van der Waals surface area contributed by atoms with Gasteiger partial charge in [0, 0.05) is 13.1 Å². The molecule has 0 aliphatic carbocycles. The van der Waals surface area contributed by atoms with E-state index in [0.29, 0.717) is 18.6 Å². The number of nitrogen functional groups attached to an aromatic ring is 2. The number of nitrogens with zero attached hydrogens (tertiary/aromatic N) is 4. The first-order valence-corrected chi connectivity index (χ1v) is 8.24. The summed E-state index contributed by atoms with van der Waals surface area (Å²) in [6.07, 6.45) is -2.60. The lowest BCUT2D eigenvalue weighted by Crippen LogP contribution is -2.39. The first kappa shape index (κ1) is 19.2. The van der Waals surface area contributed by atoms with Gasteiger partial charge < -0.3 is 42.2 Å². The maximum atomic E-state index is 11.8. The van der Waals surface area contributed by atoms with Gasteiger partial charge in [-0.15, -0.1) is 0 Å². The van der Waals surface area contributed by atoms with Crippen LogP contribution in [0, 0.1) is 0 Å². The summed E-state index contributed by atoms with van der Waals surface area (Å²) in [5.41, 5.74) is 17.3. The zero-order chi connectivity index (χ0) is 19.6. The molecule has 0 unspecified atom stereocenters. The molecule has 9 N–H and O–H groups in total. The molecule has 0 spiro atoms. The number of carbonyl (C=O) groups is 1. The minimum absolute atomic E-state index is 0.0577. The van der Waals surface area contributed by atoms with Crippen LogP contribution in [0.15, 0.2) is 6.33 Å². The van der Waals surface area contributed by atoms with Crippen LogP contribution in [-0.2, 0) is 14.3 Å². The van der Waals surface area contributed by atoms with Gasteiger partial charge in [-0.25, -0.2) is 4.98 Å². The van der Waals surface area contributed by atoms with Crippen molar-refractivity contribution in [1.82, 2.24) is 24.8 Å². The van der Waals surface area contributed by atoms with Crippen LogP contribution in [0.25, 0.3) is 11.2 Å². The molecule has 1 fully saturated rings. The molecule has 13 heteroatoms. The molecule has 0 saturated carbocycles. The molecule has 13 nitrogen and oxygen atoms in total. The molecule has 1 saturated heterocycles. The molecule has 3 rings (SSSR count). The first-order chi connectivity index (χ1) is 13.0. The fraction of sp³-hybridized carbons (Fsp3) is 0.571. The Morgan fingerprint density at radius 3 is 2.89 bits per heavy atom. The van der Waals surface area contributed by atoms with Crippen molar-refractivity contribution in [2.75, 3.05) is 37.8 Å². The van der Waals surface area contributed by atoms with Gasteiger partial charge >= 0.3 is 0 Å². The Labute approximate surface area is 153 Å². The van der Waals surface area contributed by atoms with Crippen molar-refractivity contribution in [3.05, 3.63) is 6.33 Å². The van der Waals surface area contributed by atoms with E-state index in [-0.39, 0.29) is 24.0 Å². The Bertz CT molecular complexity index is 814. The zero-order valence-electron chi connectivity index (χ0n) is 14.4. The number of nitrogens with two attached hydrogens (primary N) is 3. The SMILES string of the molecule is NCCNC(=O)CO[C@H]1[C@@H](O)[C@@H](CO)O[C@H]1n1cnc2c(N)nc(N)nc21. The van der Waals surface area contributed by atoms with Crippen LogP contribution in [0.2, 0.25) is 0 Å². The topological polar surface area (TPSA) is 210 Å². The number of aliphatic hydroxyl groups excluding tert-OH is 2. The van der Waals surface area contributed by atoms with Crippen LogP contribution in [0.5, 0.6) is 0 Å². The summed E-state index contributed by atoms with van der Waals surface area (Å²) < 4.78 is 12.7. The van der Waals surface area contributed by atoms with E-state index < -0.39 is 37.1 Å². The molecular formula is C14H22N8O5. The molecule has 1 aliphatic heterocycles. The van der Waals surface area contributed by atoms with Crippen molar-refractivity contribution >= 4 is 28.8 Å². The number of aromatic nitrogens is 4. The normalized spacial score (nSPS) is 25.1. The molecule has 2 aromatic rings. The monoisotopic (exact) mass is 382 g/mol. The smallest absolute Gasteiger partial charge is 0.246 e. The molecule has 4 atom stereocenters. The van der Waals surface area contributed by atoms with Gasteiger partial charge in [0.15, 0.2) is 17.7 Å². The van der Waals surface area contributed by atoms with E-state index in [1.807, 2.05) is 0 Å². The second kappa shape index (κ2) is 7.98. The molecule has 1 aliphatic rings. The number of amides is 1. The minimum atomic E-state index is -1.18. The predicted octanol–water partition coefficient (Wildman–Crippen LogP) is -3.30. The molecule has 0 radical (unpaired) electrons. The van der Waals surface area contributed by atoms with Crippen LogP contribution < -0.4 is 22.5 Å². The van der Waals surface area contributed by atoms with Crippen molar-refractivity contribution in [3.63, 3.8) is 0 Å². The Kier molecular flexibility index (Phi) is 5.67. The molecular weight excluding hydrogens is 360 g/mol. The second-order valence-electron chi connectivity index (χ2n) is 5.94. The summed E-state index contributed by atoms with van der Waals surface area (Å²) in [6.45, 7) is -0.176. The van der Waals surface area contributed by atoms with Crippen molar-refractivity contribution in [2.24, 2.45) is 5.73 Å². The summed E-state index contributed by atoms with van der Waals surface area (Å²) in [6, 6.07) is 0. The number of rotatable bonds is 7. The Balaban J connectivity index is 1.86. The fourth-order valence-electron chi connectivity index (χ4n) is 2.85. The van der Waals surface area contributed by atoms with Crippen LogP contribution in [0.4, 0.5) is 11.8 Å². The number of ether oxygens (including phenoxy) is 2. The number of anilines is 2. The van der Waals surface area contributed by atoms with Crippen LogP contribution in [0.3, 0.4) is 0 Å². The van der Waals surface area contributed by atoms with Gasteiger partial charge in [-0.05, 0) is 0 Å². The first-order valence-electron chi connectivity index (χ1n) is 8.24. The Morgan fingerprint density at radius 2 is 2.19 bits per heavy atom. The molecule has 27 heavy (non-hydrogen) atoms. The lowest BCUT2D eigenvalue weighted by molar-refractivity contribution is -0.132. The summed E-state index contributed by atoms with van der Waals surface area (Å²) >= 11 is 0. The molecule has 3 heterocycles. The third-order valence-corrected chi connectivity index (χ3v) is 4.11. The van der Waals surface area contributed by atoms with E-state index in [1.165, 1.54) is 10.9 Å². The lowest BCUT2D eigenvalue weighted by atomic mass is 10.1. The maximum absolute atomic E-state index is 11.8. The summed E-state index contributed by atoms with van der Waals surface area (Å²) in [5.74, 6) is -0.366. The van der Waals surface area contributed by atoms with Crippen molar-refractivity contribution < 1.29 is 24.5 Å². The van der Waals surface area contributed by atoms with Crippen molar-refractivity contribution in [2.45, 2.75) is 24.5 Å². The number of aliphatic hydroxyl groups is 2. The van der Waals surface area contributed by atoms with Gasteiger partial charge in [-0.1, -0.05) is 0 Å². The third kappa shape index (κ3) is 3.77. The molecule has 1 amide bonds. The highest BCUT2D eigenvalue weighted by Crippen LogP contribution is 2.34.